The van der Waals surface area contributed by atoms with Crippen molar-refractivity contribution in [3.05, 3.63) is 63.2 Å². The Morgan fingerprint density at radius 3 is 2.52 bits per heavy atom. The van der Waals surface area contributed by atoms with Gasteiger partial charge in [-0.05, 0) is 43.0 Å². The molecule has 15 heteroatoms. The summed E-state index contributed by atoms with van der Waals surface area (Å²) in [6, 6.07) is 5.28. The summed E-state index contributed by atoms with van der Waals surface area (Å²) in [4.78, 5) is 67.9. The standard InChI is InChI=1S/C29H29N5O9S/c1-14-20(24(28(38)39)33-23(14)21(15(2)36)26(33)37)25-19(11-35)32-13-30-22(27(32)44-25)17-7-9-31(10-8-17)29(40)43-12-16-3-5-18(6-4-16)34(41)42/h3-6,13-15,17,21,23,25,36H,7-10,12H2,1-2H3,(H,38,39)/t14-,15+,21+,23+,25?/m0/s1. The van der Waals surface area contributed by atoms with Crippen molar-refractivity contribution < 1.29 is 39.1 Å². The lowest BCUT2D eigenvalue weighted by Crippen LogP contribution is -2.63. The van der Waals surface area contributed by atoms with Gasteiger partial charge in [-0.2, -0.15) is 0 Å². The van der Waals surface area contributed by atoms with Gasteiger partial charge in [-0.15, -0.1) is 0 Å². The van der Waals surface area contributed by atoms with Crippen LogP contribution in [-0.2, 0) is 25.7 Å². The Labute approximate surface area is 255 Å². The lowest BCUT2D eigenvalue weighted by molar-refractivity contribution is -0.384. The van der Waals surface area contributed by atoms with Gasteiger partial charge in [-0.1, -0.05) is 18.7 Å². The number of aliphatic hydroxyl groups is 1. The number of hydrogen-bond donors (Lipinski definition) is 2. The molecular formula is C29H29N5O9S. The van der Waals surface area contributed by atoms with Crippen LogP contribution in [0.1, 0.15) is 43.9 Å². The van der Waals surface area contributed by atoms with Crippen molar-refractivity contribution in [2.75, 3.05) is 13.1 Å². The molecule has 4 aliphatic heterocycles. The highest BCUT2D eigenvalue weighted by Crippen LogP contribution is 2.55. The number of ether oxygens (including phenoxy) is 1. The number of β-lactam (4-membered cyclic amide) rings is 1. The average Bonchev–Trinajstić information content (AvgIpc) is 3.64. The number of aromatic nitrogens is 2. The second-order valence-electron chi connectivity index (χ2n) is 11.4. The van der Waals surface area contributed by atoms with Crippen LogP contribution < -0.4 is 0 Å². The third-order valence-corrected chi connectivity index (χ3v) is 10.3. The molecule has 5 heterocycles. The second-order valence-corrected chi connectivity index (χ2v) is 12.5. The van der Waals surface area contributed by atoms with E-state index in [1.54, 1.807) is 9.47 Å². The molecule has 0 spiro atoms. The highest BCUT2D eigenvalue weighted by atomic mass is 32.2. The molecule has 2 aromatic rings. The quantitative estimate of drug-likeness (QED) is 0.200. The molecule has 0 saturated carbocycles. The van der Waals surface area contributed by atoms with E-state index in [2.05, 4.69) is 4.98 Å². The van der Waals surface area contributed by atoms with Gasteiger partial charge >= 0.3 is 12.1 Å². The van der Waals surface area contributed by atoms with Gasteiger partial charge in [0.05, 0.1) is 33.9 Å². The number of carbonyl (C=O) groups excluding carboxylic acids is 3. The molecule has 1 aromatic heterocycles. The Kier molecular flexibility index (Phi) is 7.56. The minimum Gasteiger partial charge on any atom is -0.477 e. The van der Waals surface area contributed by atoms with E-state index in [1.807, 2.05) is 12.9 Å². The van der Waals surface area contributed by atoms with E-state index < -0.39 is 52.1 Å². The van der Waals surface area contributed by atoms with Crippen LogP contribution in [0, 0.1) is 22.0 Å². The molecular weight excluding hydrogens is 594 g/mol. The van der Waals surface area contributed by atoms with Crippen molar-refractivity contribution in [3.63, 3.8) is 0 Å². The first-order chi connectivity index (χ1) is 21.0. The van der Waals surface area contributed by atoms with Crippen LogP contribution in [0.4, 0.5) is 10.5 Å². The van der Waals surface area contributed by atoms with Crippen molar-refractivity contribution in [1.29, 1.82) is 0 Å². The van der Waals surface area contributed by atoms with Crippen LogP contribution in [0.25, 0.3) is 5.70 Å². The van der Waals surface area contributed by atoms with Crippen LogP contribution in [-0.4, -0.2) is 88.9 Å². The first-order valence-corrected chi connectivity index (χ1v) is 15.0. The zero-order valence-electron chi connectivity index (χ0n) is 23.8. The molecule has 1 unspecified atom stereocenters. The number of imidazole rings is 1. The number of carbonyl (C=O) groups is 3. The number of carboxylic acid groups (broad SMARTS) is 1. The Balaban J connectivity index is 1.14. The summed E-state index contributed by atoms with van der Waals surface area (Å²) in [5.74, 6) is -0.866. The number of piperidine rings is 1. The molecule has 0 radical (unpaired) electrons. The van der Waals surface area contributed by atoms with Crippen molar-refractivity contribution in [2.45, 2.75) is 61.6 Å². The van der Waals surface area contributed by atoms with Crippen molar-refractivity contribution in [2.24, 2.45) is 11.8 Å². The third kappa shape index (κ3) is 4.68. The number of aliphatic hydroxyl groups excluding tert-OH is 1. The highest BCUT2D eigenvalue weighted by molar-refractivity contribution is 8.00. The second kappa shape index (κ2) is 11.2. The number of nitro benzene ring substituents is 1. The maximum absolute atomic E-state index is 12.8. The molecule has 6 rings (SSSR count). The summed E-state index contributed by atoms with van der Waals surface area (Å²) < 4.78 is 7.04. The van der Waals surface area contributed by atoms with E-state index in [9.17, 15) is 39.5 Å². The van der Waals surface area contributed by atoms with Crippen LogP contribution >= 0.6 is 11.8 Å². The third-order valence-electron chi connectivity index (χ3n) is 8.95. The molecule has 0 bridgehead atoms. The number of likely N-dealkylation sites (tertiary alicyclic amines) is 1. The Bertz CT molecular complexity index is 1640. The van der Waals surface area contributed by atoms with Crippen LogP contribution in [0.5, 0.6) is 0 Å². The SMILES string of the molecule is C[C@@H](O)[C@H]1C(=O)N2C(C(=O)O)=C(C3Sc4c(C5CCN(C(=O)OCc6ccc([N+](=O)[O-])cc6)CC5)ncn4C3=C=O)[C@H](C)[C@H]12. The lowest BCUT2D eigenvalue weighted by Gasteiger charge is -2.46. The average molecular weight is 624 g/mol. The van der Waals surface area contributed by atoms with E-state index >= 15 is 0 Å². The molecule has 44 heavy (non-hydrogen) atoms. The maximum atomic E-state index is 12.8. The van der Waals surface area contributed by atoms with Gasteiger partial charge in [0.15, 0.2) is 0 Å². The summed E-state index contributed by atoms with van der Waals surface area (Å²) in [6.07, 6.45) is 1.27. The summed E-state index contributed by atoms with van der Waals surface area (Å²) in [5, 5.41) is 31.1. The van der Waals surface area contributed by atoms with Gasteiger partial charge in [0, 0.05) is 37.1 Å². The number of nitrogens with zero attached hydrogens (tertiary/aromatic N) is 5. The number of benzene rings is 1. The molecule has 5 atom stereocenters. The fraction of sp³-hybridized carbons (Fsp3) is 0.448. The number of non-ortho nitro benzene ring substituents is 1. The Hall–Kier alpha value is -4.46. The monoisotopic (exact) mass is 623 g/mol. The number of amides is 2. The van der Waals surface area contributed by atoms with Gasteiger partial charge in [-0.25, -0.2) is 19.4 Å². The molecule has 2 amide bonds. The lowest BCUT2D eigenvalue weighted by atomic mass is 9.77. The van der Waals surface area contributed by atoms with Crippen LogP contribution in [0.2, 0.25) is 0 Å². The first-order valence-electron chi connectivity index (χ1n) is 14.2. The molecule has 4 aliphatic rings. The Morgan fingerprint density at radius 2 is 1.93 bits per heavy atom. The number of nitro groups is 1. The fourth-order valence-corrected chi connectivity index (χ4v) is 8.31. The van der Waals surface area contributed by atoms with Crippen molar-refractivity contribution in [3.8, 4) is 0 Å². The van der Waals surface area contributed by atoms with E-state index in [0.717, 1.165) is 5.69 Å². The first kappa shape index (κ1) is 29.6. The minimum absolute atomic E-state index is 0.0153. The van der Waals surface area contributed by atoms with E-state index in [-0.39, 0.29) is 29.6 Å². The Morgan fingerprint density at radius 1 is 1.25 bits per heavy atom. The molecule has 14 nitrogen and oxygen atoms in total. The molecule has 2 N–H and O–H groups in total. The zero-order valence-corrected chi connectivity index (χ0v) is 24.6. The van der Waals surface area contributed by atoms with Crippen molar-refractivity contribution in [1.82, 2.24) is 19.4 Å². The maximum Gasteiger partial charge on any atom is 0.410 e. The molecule has 0 aliphatic carbocycles. The summed E-state index contributed by atoms with van der Waals surface area (Å²) in [6.45, 7) is 4.13. The molecule has 2 saturated heterocycles. The van der Waals surface area contributed by atoms with Gasteiger partial charge in [0.2, 0.25) is 5.91 Å². The van der Waals surface area contributed by atoms with E-state index in [0.29, 0.717) is 42.1 Å². The van der Waals surface area contributed by atoms with Crippen LogP contribution in [0.15, 0.2) is 46.9 Å². The fourth-order valence-electron chi connectivity index (χ4n) is 6.76. The van der Waals surface area contributed by atoms with Gasteiger partial charge in [0.25, 0.3) is 5.69 Å². The largest absolute Gasteiger partial charge is 0.477 e. The summed E-state index contributed by atoms with van der Waals surface area (Å²) in [5.41, 5.74) is 1.84. The number of aliphatic carboxylic acids is 1. The number of hydrogen-bond acceptors (Lipinski definition) is 10. The number of carboxylic acids is 1. The number of thioether (sulfide) groups is 1. The minimum atomic E-state index is -1.26. The normalized spacial score (nSPS) is 25.3. The van der Waals surface area contributed by atoms with Gasteiger partial charge < -0.3 is 24.7 Å². The molecule has 1 aromatic carbocycles. The summed E-state index contributed by atoms with van der Waals surface area (Å²) in [7, 11) is 0. The number of rotatable bonds is 7. The predicted molar refractivity (Wildman–Crippen MR) is 154 cm³/mol. The topological polar surface area (TPSA) is 185 Å². The smallest absolute Gasteiger partial charge is 0.410 e. The molecule has 2 fully saturated rings. The predicted octanol–water partition coefficient (Wildman–Crippen LogP) is 2.65. The van der Waals surface area contributed by atoms with E-state index in [4.69, 9.17) is 4.74 Å². The number of fused-ring (bicyclic) bond motifs is 2. The summed E-state index contributed by atoms with van der Waals surface area (Å²) >= 11 is 1.31. The molecule has 230 valence electrons. The van der Waals surface area contributed by atoms with Gasteiger partial charge in [-0.3, -0.25) is 19.5 Å². The highest BCUT2D eigenvalue weighted by Gasteiger charge is 2.61. The van der Waals surface area contributed by atoms with Crippen LogP contribution in [0.3, 0.4) is 0 Å². The van der Waals surface area contributed by atoms with E-state index in [1.165, 1.54) is 54.2 Å². The zero-order chi connectivity index (χ0) is 31.4. The van der Waals surface area contributed by atoms with Gasteiger partial charge in [0.1, 0.15) is 35.3 Å². The van der Waals surface area contributed by atoms with Crippen molar-refractivity contribution >= 4 is 47.1 Å².